The second-order valence-corrected chi connectivity index (χ2v) is 5.68. The predicted molar refractivity (Wildman–Crippen MR) is 69.8 cm³/mol. The first-order valence-electron chi connectivity index (χ1n) is 6.82. The van der Waals surface area contributed by atoms with Crippen LogP contribution in [0.2, 0.25) is 0 Å². The Morgan fingerprint density at radius 2 is 2.11 bits per heavy atom. The van der Waals surface area contributed by atoms with Crippen LogP contribution in [0.15, 0.2) is 18.2 Å². The second kappa shape index (κ2) is 5.95. The minimum atomic E-state index is -1.48. The van der Waals surface area contributed by atoms with Crippen LogP contribution < -0.4 is 5.32 Å². The quantitative estimate of drug-likeness (QED) is 0.879. The molecule has 0 amide bonds. The summed E-state index contributed by atoms with van der Waals surface area (Å²) in [6.07, 6.45) is 3.55. The number of benzene rings is 1. The van der Waals surface area contributed by atoms with E-state index in [2.05, 4.69) is 5.32 Å². The summed E-state index contributed by atoms with van der Waals surface area (Å²) in [4.78, 5) is 0. The number of hydrogen-bond donors (Lipinski definition) is 1. The van der Waals surface area contributed by atoms with Gasteiger partial charge in [-0.15, -0.1) is 0 Å². The van der Waals surface area contributed by atoms with Gasteiger partial charge in [0.25, 0.3) is 0 Å². The number of hydrogen-bond acceptors (Lipinski definition) is 1. The molecule has 1 fully saturated rings. The summed E-state index contributed by atoms with van der Waals surface area (Å²) in [6, 6.07) is 3.47. The van der Waals surface area contributed by atoms with Crippen molar-refractivity contribution in [1.29, 1.82) is 0 Å². The Labute approximate surface area is 112 Å². The molecule has 19 heavy (non-hydrogen) atoms. The average Bonchev–Trinajstić information content (AvgIpc) is 2.33. The lowest BCUT2D eigenvalue weighted by atomic mass is 9.88. The summed E-state index contributed by atoms with van der Waals surface area (Å²) in [7, 11) is 0. The van der Waals surface area contributed by atoms with Gasteiger partial charge in [-0.25, -0.2) is 13.2 Å². The zero-order valence-electron chi connectivity index (χ0n) is 11.2. The molecule has 4 heteroatoms. The van der Waals surface area contributed by atoms with Crippen LogP contribution in [0.5, 0.6) is 0 Å². The van der Waals surface area contributed by atoms with Crippen LogP contribution in [-0.4, -0.2) is 18.3 Å². The van der Waals surface area contributed by atoms with Crippen LogP contribution in [0.25, 0.3) is 0 Å². The first-order valence-corrected chi connectivity index (χ1v) is 6.82. The third-order valence-corrected chi connectivity index (χ3v) is 3.66. The summed E-state index contributed by atoms with van der Waals surface area (Å²) in [5.41, 5.74) is -1.24. The first kappa shape index (κ1) is 14.4. The minimum absolute atomic E-state index is 0.0166. The smallest absolute Gasteiger partial charge is 0.129 e. The number of piperidine rings is 1. The van der Waals surface area contributed by atoms with Gasteiger partial charge in [-0.1, -0.05) is 12.5 Å². The summed E-state index contributed by atoms with van der Waals surface area (Å²) >= 11 is 0. The van der Waals surface area contributed by atoms with Crippen LogP contribution in [0, 0.1) is 11.6 Å². The molecular weight excluding hydrogens is 251 g/mol. The third-order valence-electron chi connectivity index (χ3n) is 3.66. The van der Waals surface area contributed by atoms with Crippen molar-refractivity contribution in [3.63, 3.8) is 0 Å². The highest BCUT2D eigenvalue weighted by atomic mass is 19.1. The molecule has 1 aromatic rings. The highest BCUT2D eigenvalue weighted by Gasteiger charge is 2.29. The summed E-state index contributed by atoms with van der Waals surface area (Å²) < 4.78 is 40.9. The Hall–Kier alpha value is -1.03. The molecule has 1 aliphatic heterocycles. The molecular formula is C15H20F3N. The van der Waals surface area contributed by atoms with Crippen molar-refractivity contribution in [3.8, 4) is 0 Å². The normalized spacial score (nSPS) is 23.1. The monoisotopic (exact) mass is 271 g/mol. The van der Waals surface area contributed by atoms with Gasteiger partial charge in [0.15, 0.2) is 0 Å². The van der Waals surface area contributed by atoms with Crippen LogP contribution in [-0.2, 0) is 6.42 Å². The van der Waals surface area contributed by atoms with Crippen molar-refractivity contribution >= 4 is 0 Å². The summed E-state index contributed by atoms with van der Waals surface area (Å²) in [6.45, 7) is 2.41. The fourth-order valence-electron chi connectivity index (χ4n) is 2.75. The summed E-state index contributed by atoms with van der Waals surface area (Å²) in [5, 5.41) is 3.29. The molecule has 1 heterocycles. The highest BCUT2D eigenvalue weighted by molar-refractivity contribution is 5.20. The molecule has 1 aliphatic rings. The van der Waals surface area contributed by atoms with E-state index in [9.17, 15) is 13.2 Å². The minimum Gasteiger partial charge on any atom is -0.314 e. The van der Waals surface area contributed by atoms with Gasteiger partial charge in [-0.3, -0.25) is 0 Å². The van der Waals surface area contributed by atoms with E-state index >= 15 is 0 Å². The number of alkyl halides is 1. The van der Waals surface area contributed by atoms with E-state index in [-0.39, 0.29) is 18.0 Å². The Morgan fingerprint density at radius 3 is 2.74 bits per heavy atom. The Morgan fingerprint density at radius 1 is 1.32 bits per heavy atom. The second-order valence-electron chi connectivity index (χ2n) is 5.68. The molecule has 2 atom stereocenters. The topological polar surface area (TPSA) is 12.0 Å². The molecule has 1 nitrogen and oxygen atoms in total. The van der Waals surface area contributed by atoms with Gasteiger partial charge >= 0.3 is 0 Å². The van der Waals surface area contributed by atoms with E-state index in [1.54, 1.807) is 0 Å². The van der Waals surface area contributed by atoms with Crippen molar-refractivity contribution in [2.24, 2.45) is 0 Å². The van der Waals surface area contributed by atoms with Gasteiger partial charge in [0.1, 0.15) is 17.3 Å². The fraction of sp³-hybridized carbons (Fsp3) is 0.600. The van der Waals surface area contributed by atoms with Crippen molar-refractivity contribution in [3.05, 3.63) is 35.4 Å². The van der Waals surface area contributed by atoms with Gasteiger partial charge in [-0.05, 0) is 44.4 Å². The molecule has 0 aromatic heterocycles. The fourth-order valence-corrected chi connectivity index (χ4v) is 2.75. The van der Waals surface area contributed by atoms with E-state index in [1.807, 2.05) is 0 Å². The molecule has 106 valence electrons. The van der Waals surface area contributed by atoms with Crippen molar-refractivity contribution < 1.29 is 13.2 Å². The number of nitrogens with one attached hydrogen (secondary N) is 1. The van der Waals surface area contributed by atoms with Gasteiger partial charge in [-0.2, -0.15) is 0 Å². The molecule has 0 spiro atoms. The van der Waals surface area contributed by atoms with Crippen LogP contribution in [0.1, 0.15) is 38.2 Å². The lowest BCUT2D eigenvalue weighted by molar-refractivity contribution is 0.144. The van der Waals surface area contributed by atoms with Gasteiger partial charge in [0.05, 0.1) is 0 Å². The molecule has 0 saturated carbocycles. The van der Waals surface area contributed by atoms with Crippen LogP contribution in [0.3, 0.4) is 0 Å². The molecule has 0 radical (unpaired) electrons. The lowest BCUT2D eigenvalue weighted by Gasteiger charge is -2.30. The maximum Gasteiger partial charge on any atom is 0.129 e. The van der Waals surface area contributed by atoms with E-state index in [0.717, 1.165) is 31.9 Å². The molecule has 1 N–H and O–H groups in total. The van der Waals surface area contributed by atoms with E-state index in [0.29, 0.717) is 6.42 Å². The van der Waals surface area contributed by atoms with Gasteiger partial charge < -0.3 is 5.32 Å². The van der Waals surface area contributed by atoms with E-state index < -0.39 is 17.3 Å². The number of rotatable bonds is 4. The van der Waals surface area contributed by atoms with E-state index in [1.165, 1.54) is 19.1 Å². The maximum atomic E-state index is 14.5. The standard InChI is InChI=1S/C15H20F3N/c1-15(18,10-13-4-2-3-7-19-13)9-11-5-6-12(16)8-14(11)17/h5-6,8,13,19H,2-4,7,9-10H2,1H3. The van der Waals surface area contributed by atoms with Gasteiger partial charge in [0, 0.05) is 18.5 Å². The molecule has 0 aliphatic carbocycles. The Bertz CT molecular complexity index is 425. The third kappa shape index (κ3) is 4.23. The lowest BCUT2D eigenvalue weighted by Crippen LogP contribution is -2.40. The largest absolute Gasteiger partial charge is 0.314 e. The van der Waals surface area contributed by atoms with Crippen LogP contribution >= 0.6 is 0 Å². The molecule has 1 saturated heterocycles. The molecule has 2 rings (SSSR count). The maximum absolute atomic E-state index is 14.5. The first-order chi connectivity index (χ1) is 8.96. The highest BCUT2D eigenvalue weighted by Crippen LogP contribution is 2.27. The van der Waals surface area contributed by atoms with E-state index in [4.69, 9.17) is 0 Å². The Kier molecular flexibility index (Phi) is 4.50. The zero-order chi connectivity index (χ0) is 13.9. The molecule has 1 aromatic carbocycles. The predicted octanol–water partition coefficient (Wildman–Crippen LogP) is 3.77. The summed E-state index contributed by atoms with van der Waals surface area (Å²) in [5.74, 6) is -1.30. The van der Waals surface area contributed by atoms with Crippen molar-refractivity contribution in [2.45, 2.75) is 50.7 Å². The van der Waals surface area contributed by atoms with Crippen molar-refractivity contribution in [1.82, 2.24) is 5.32 Å². The Balaban J connectivity index is 1.99. The molecule has 2 unspecified atom stereocenters. The molecule has 0 bridgehead atoms. The van der Waals surface area contributed by atoms with Crippen LogP contribution in [0.4, 0.5) is 13.2 Å². The number of halogens is 3. The SMILES string of the molecule is CC(F)(Cc1ccc(F)cc1F)CC1CCCCN1. The zero-order valence-corrected chi connectivity index (χ0v) is 11.2. The van der Waals surface area contributed by atoms with Gasteiger partial charge in [0.2, 0.25) is 0 Å². The average molecular weight is 271 g/mol. The van der Waals surface area contributed by atoms with Crippen molar-refractivity contribution in [2.75, 3.05) is 6.54 Å².